The summed E-state index contributed by atoms with van der Waals surface area (Å²) in [5, 5.41) is 11.5. The maximum absolute atomic E-state index is 4.48. The SMILES string of the molecule is S=c1nn[nH][nH]1.[Na+].[c-]1ccccc1. The quantitative estimate of drug-likeness (QED) is 0.306. The topological polar surface area (TPSA) is 57.4 Å². The third kappa shape index (κ3) is 6.65. The van der Waals surface area contributed by atoms with Crippen LogP contribution in [0.15, 0.2) is 30.3 Å². The van der Waals surface area contributed by atoms with Crippen LogP contribution in [0, 0.1) is 10.8 Å². The largest absolute Gasteiger partial charge is 1.00 e. The zero-order valence-corrected chi connectivity index (χ0v) is 10.0. The summed E-state index contributed by atoms with van der Waals surface area (Å²) in [6.07, 6.45) is 0. The number of nitrogens with zero attached hydrogens (tertiary/aromatic N) is 2. The molecule has 0 bridgehead atoms. The average Bonchev–Trinajstić information content (AvgIpc) is 2.60. The first-order valence-corrected chi connectivity index (χ1v) is 3.67. The minimum Gasteiger partial charge on any atom is -0.256 e. The molecule has 0 fully saturated rings. The van der Waals surface area contributed by atoms with Crippen LogP contribution in [0.5, 0.6) is 0 Å². The van der Waals surface area contributed by atoms with Gasteiger partial charge in [0.05, 0.1) is 0 Å². The van der Waals surface area contributed by atoms with Crippen molar-refractivity contribution < 1.29 is 29.6 Å². The molecule has 4 nitrogen and oxygen atoms in total. The predicted molar refractivity (Wildman–Crippen MR) is 46.8 cm³/mol. The van der Waals surface area contributed by atoms with Crippen LogP contribution in [0.2, 0.25) is 0 Å². The minimum atomic E-state index is 0. The normalized spacial score (nSPS) is 7.69. The van der Waals surface area contributed by atoms with Gasteiger partial charge in [-0.05, 0) is 12.2 Å². The molecule has 2 aromatic rings. The minimum absolute atomic E-state index is 0. The molecule has 0 radical (unpaired) electrons. The molecule has 2 N–H and O–H groups in total. The number of benzene rings is 1. The Morgan fingerprint density at radius 3 is 2.08 bits per heavy atom. The van der Waals surface area contributed by atoms with Crippen LogP contribution < -0.4 is 29.6 Å². The molecule has 62 valence electrons. The molecule has 2 rings (SSSR count). The molecule has 6 heteroatoms. The summed E-state index contributed by atoms with van der Waals surface area (Å²) >= 11 is 4.48. The first-order valence-electron chi connectivity index (χ1n) is 3.26. The van der Waals surface area contributed by atoms with Crippen molar-refractivity contribution in [2.24, 2.45) is 0 Å². The van der Waals surface area contributed by atoms with Crippen molar-refractivity contribution in [3.05, 3.63) is 41.2 Å². The molecule has 0 amide bonds. The Morgan fingerprint density at radius 1 is 1.23 bits per heavy atom. The summed E-state index contributed by atoms with van der Waals surface area (Å²) in [7, 11) is 0. The molecule has 1 aromatic carbocycles. The van der Waals surface area contributed by atoms with E-state index in [9.17, 15) is 0 Å². The zero-order chi connectivity index (χ0) is 8.65. The molecular formula is C7H7N4NaS. The standard InChI is InChI=1S/C6H5.CH2N4S.Na/c1-2-4-6-5-3-1;6-1-2-4-5-3-1;/h1-5H;(H2,2,3,4,5,6);/q-1;;+1. The van der Waals surface area contributed by atoms with E-state index in [-0.39, 0.29) is 29.6 Å². The van der Waals surface area contributed by atoms with Crippen LogP contribution in [-0.2, 0) is 0 Å². The first-order chi connectivity index (χ1) is 5.89. The van der Waals surface area contributed by atoms with E-state index >= 15 is 0 Å². The molecule has 13 heavy (non-hydrogen) atoms. The van der Waals surface area contributed by atoms with E-state index in [0.717, 1.165) is 0 Å². The van der Waals surface area contributed by atoms with E-state index in [4.69, 9.17) is 0 Å². The molecular weight excluding hydrogens is 195 g/mol. The van der Waals surface area contributed by atoms with Gasteiger partial charge in [0.15, 0.2) is 0 Å². The maximum Gasteiger partial charge on any atom is 1.00 e. The zero-order valence-electron chi connectivity index (χ0n) is 7.19. The van der Waals surface area contributed by atoms with Gasteiger partial charge in [0.2, 0.25) is 4.77 Å². The fourth-order valence-electron chi connectivity index (χ4n) is 0.510. The Balaban J connectivity index is 0.000000206. The van der Waals surface area contributed by atoms with Gasteiger partial charge in [-0.2, -0.15) is 41.6 Å². The van der Waals surface area contributed by atoms with Gasteiger partial charge in [0.25, 0.3) is 0 Å². The second-order valence-electron chi connectivity index (χ2n) is 1.82. The van der Waals surface area contributed by atoms with Crippen LogP contribution in [0.4, 0.5) is 0 Å². The van der Waals surface area contributed by atoms with Crippen molar-refractivity contribution in [3.63, 3.8) is 0 Å². The molecule has 0 aliphatic heterocycles. The average molecular weight is 202 g/mol. The number of hydrogen-bond donors (Lipinski definition) is 2. The van der Waals surface area contributed by atoms with E-state index in [1.165, 1.54) is 0 Å². The fourth-order valence-corrected chi connectivity index (χ4v) is 0.597. The molecule has 1 aromatic heterocycles. The molecule has 0 saturated heterocycles. The molecule has 0 saturated carbocycles. The smallest absolute Gasteiger partial charge is 0.256 e. The van der Waals surface area contributed by atoms with Gasteiger partial charge in [-0.1, -0.05) is 10.3 Å². The number of aromatic nitrogens is 4. The van der Waals surface area contributed by atoms with Gasteiger partial charge in [-0.3, -0.25) is 5.10 Å². The van der Waals surface area contributed by atoms with Gasteiger partial charge in [0.1, 0.15) is 0 Å². The second kappa shape index (κ2) is 8.12. The third-order valence-electron chi connectivity index (χ3n) is 0.961. The van der Waals surface area contributed by atoms with Crippen molar-refractivity contribution >= 4 is 12.2 Å². The Morgan fingerprint density at radius 2 is 1.92 bits per heavy atom. The summed E-state index contributed by atoms with van der Waals surface area (Å²) < 4.78 is 0.384. The number of nitrogens with one attached hydrogen (secondary N) is 2. The van der Waals surface area contributed by atoms with Crippen molar-refractivity contribution in [1.82, 2.24) is 20.6 Å². The van der Waals surface area contributed by atoms with Crippen LogP contribution >= 0.6 is 12.2 Å². The van der Waals surface area contributed by atoms with Gasteiger partial charge < -0.3 is 0 Å². The molecule has 1 heterocycles. The van der Waals surface area contributed by atoms with E-state index < -0.39 is 0 Å². The third-order valence-corrected chi connectivity index (χ3v) is 1.14. The molecule has 0 unspecified atom stereocenters. The summed E-state index contributed by atoms with van der Waals surface area (Å²) in [4.78, 5) is 0. The van der Waals surface area contributed by atoms with Crippen LogP contribution in [0.25, 0.3) is 0 Å². The summed E-state index contributed by atoms with van der Waals surface area (Å²) in [5.74, 6) is 0. The Labute approximate surface area is 103 Å². The second-order valence-corrected chi connectivity index (χ2v) is 2.21. The van der Waals surface area contributed by atoms with Crippen molar-refractivity contribution in [2.75, 3.05) is 0 Å². The number of rotatable bonds is 0. The van der Waals surface area contributed by atoms with Crippen molar-refractivity contribution in [3.8, 4) is 0 Å². The summed E-state index contributed by atoms with van der Waals surface area (Å²) in [6.45, 7) is 0. The van der Waals surface area contributed by atoms with Gasteiger partial charge in [-0.15, -0.1) is 0 Å². The van der Waals surface area contributed by atoms with Gasteiger partial charge in [-0.25, -0.2) is 0 Å². The van der Waals surface area contributed by atoms with Crippen molar-refractivity contribution in [1.29, 1.82) is 0 Å². The predicted octanol–water partition coefficient (Wildman–Crippen LogP) is -1.65. The Bertz CT molecular complexity index is 301. The van der Waals surface area contributed by atoms with Crippen LogP contribution in [0.1, 0.15) is 0 Å². The van der Waals surface area contributed by atoms with Crippen LogP contribution in [0.3, 0.4) is 0 Å². The first kappa shape index (κ1) is 12.5. The molecule has 0 aliphatic carbocycles. The number of H-pyrrole nitrogens is 2. The number of hydrogen-bond acceptors (Lipinski definition) is 3. The van der Waals surface area contributed by atoms with E-state index in [1.54, 1.807) is 0 Å². The van der Waals surface area contributed by atoms with E-state index in [0.29, 0.717) is 4.77 Å². The maximum atomic E-state index is 4.48. The monoisotopic (exact) mass is 202 g/mol. The van der Waals surface area contributed by atoms with E-state index in [1.807, 2.05) is 30.3 Å². The molecule has 0 aliphatic rings. The Kier molecular flexibility index (Phi) is 7.82. The van der Waals surface area contributed by atoms with Crippen molar-refractivity contribution in [2.45, 2.75) is 0 Å². The summed E-state index contributed by atoms with van der Waals surface area (Å²) in [5.41, 5.74) is 0. The number of aromatic amines is 2. The van der Waals surface area contributed by atoms with Gasteiger partial charge >= 0.3 is 29.6 Å². The van der Waals surface area contributed by atoms with E-state index in [2.05, 4.69) is 38.9 Å². The Hall–Kier alpha value is -0.490. The molecule has 0 atom stereocenters. The fraction of sp³-hybridized carbons (Fsp3) is 0. The van der Waals surface area contributed by atoms with Gasteiger partial charge in [0, 0.05) is 0 Å². The number of tetrazole rings is 1. The summed E-state index contributed by atoms with van der Waals surface area (Å²) in [6, 6.07) is 12.5. The van der Waals surface area contributed by atoms with Crippen LogP contribution in [-0.4, -0.2) is 20.6 Å². The molecule has 0 spiro atoms.